The molecule has 0 saturated carbocycles. The molecule has 0 saturated heterocycles. The maximum absolute atomic E-state index is 13.4. The van der Waals surface area contributed by atoms with Gasteiger partial charge in [-0.05, 0) is 43.5 Å². The highest BCUT2D eigenvalue weighted by Crippen LogP contribution is 2.41. The number of hydrogen-bond acceptors (Lipinski definition) is 2. The summed E-state index contributed by atoms with van der Waals surface area (Å²) >= 11 is 0. The van der Waals surface area contributed by atoms with E-state index in [1.165, 1.54) is 34.4 Å². The summed E-state index contributed by atoms with van der Waals surface area (Å²) in [4.78, 5) is 0. The largest absolute Gasteiger partial charge is 0.485 e. The summed E-state index contributed by atoms with van der Waals surface area (Å²) in [6.45, 7) is 6.26. The van der Waals surface area contributed by atoms with Gasteiger partial charge in [0.2, 0.25) is 0 Å². The Morgan fingerprint density at radius 3 is 2.43 bits per heavy atom. The molecule has 0 aromatic heterocycles. The molecule has 0 bridgehead atoms. The second-order valence-corrected chi connectivity index (χ2v) is 5.94. The van der Waals surface area contributed by atoms with Crippen molar-refractivity contribution in [3.63, 3.8) is 0 Å². The van der Waals surface area contributed by atoms with Crippen LogP contribution >= 0.6 is 0 Å². The molecule has 0 radical (unpaired) electrons. The predicted octanol–water partition coefficient (Wildman–Crippen LogP) is 4.27. The molecule has 2 aromatic rings. The van der Waals surface area contributed by atoms with Crippen molar-refractivity contribution in [1.29, 1.82) is 0 Å². The molecule has 0 aliphatic carbocycles. The van der Waals surface area contributed by atoms with Gasteiger partial charge in [0.15, 0.2) is 0 Å². The normalized spacial score (nSPS) is 20.8. The molecule has 110 valence electrons. The first-order chi connectivity index (χ1) is 9.95. The molecule has 0 amide bonds. The number of fused-ring (bicyclic) bond motifs is 1. The van der Waals surface area contributed by atoms with Crippen LogP contribution in [-0.2, 0) is 0 Å². The van der Waals surface area contributed by atoms with Crippen molar-refractivity contribution in [3.05, 3.63) is 64.0 Å². The van der Waals surface area contributed by atoms with Crippen LogP contribution in [0.25, 0.3) is 0 Å². The van der Waals surface area contributed by atoms with Crippen LogP contribution in [0.2, 0.25) is 0 Å². The zero-order valence-electron chi connectivity index (χ0n) is 12.6. The summed E-state index contributed by atoms with van der Waals surface area (Å²) in [5.41, 5.74) is 11.9. The van der Waals surface area contributed by atoms with E-state index in [9.17, 15) is 4.39 Å². The van der Waals surface area contributed by atoms with Crippen molar-refractivity contribution in [2.24, 2.45) is 5.73 Å². The second kappa shape index (κ2) is 5.15. The highest BCUT2D eigenvalue weighted by molar-refractivity contribution is 5.44. The first kappa shape index (κ1) is 14.1. The SMILES string of the molecule is Cc1cc(C)c(C2C[C@@H](N)c3ccc(F)cc3O2)c(C)c1. The van der Waals surface area contributed by atoms with Gasteiger partial charge in [-0.1, -0.05) is 23.8 Å². The van der Waals surface area contributed by atoms with E-state index in [0.717, 1.165) is 5.56 Å². The van der Waals surface area contributed by atoms with Crippen molar-refractivity contribution in [1.82, 2.24) is 0 Å². The van der Waals surface area contributed by atoms with Crippen LogP contribution < -0.4 is 10.5 Å². The Kier molecular flexibility index (Phi) is 3.46. The zero-order valence-corrected chi connectivity index (χ0v) is 12.6. The third-order valence-electron chi connectivity index (χ3n) is 4.17. The molecule has 2 atom stereocenters. The zero-order chi connectivity index (χ0) is 15.1. The lowest BCUT2D eigenvalue weighted by atomic mass is 9.88. The lowest BCUT2D eigenvalue weighted by Gasteiger charge is -2.32. The van der Waals surface area contributed by atoms with Gasteiger partial charge < -0.3 is 10.5 Å². The molecule has 2 nitrogen and oxygen atoms in total. The highest BCUT2D eigenvalue weighted by Gasteiger charge is 2.29. The minimum Gasteiger partial charge on any atom is -0.485 e. The summed E-state index contributed by atoms with van der Waals surface area (Å²) in [6, 6.07) is 8.77. The van der Waals surface area contributed by atoms with Gasteiger partial charge in [0.1, 0.15) is 17.7 Å². The third-order valence-corrected chi connectivity index (χ3v) is 4.17. The highest BCUT2D eigenvalue weighted by atomic mass is 19.1. The number of hydrogen-bond donors (Lipinski definition) is 1. The Hall–Kier alpha value is -1.87. The molecule has 1 aliphatic heterocycles. The van der Waals surface area contributed by atoms with Crippen molar-refractivity contribution in [3.8, 4) is 5.75 Å². The molecule has 3 rings (SSSR count). The quantitative estimate of drug-likeness (QED) is 0.849. The first-order valence-corrected chi connectivity index (χ1v) is 7.25. The summed E-state index contributed by atoms with van der Waals surface area (Å²) in [5, 5.41) is 0. The molecular formula is C18H20FNO. The summed E-state index contributed by atoms with van der Waals surface area (Å²) in [5.74, 6) is 0.275. The molecule has 2 N–H and O–H groups in total. The molecule has 3 heteroatoms. The van der Waals surface area contributed by atoms with E-state index in [1.807, 2.05) is 0 Å². The van der Waals surface area contributed by atoms with Gasteiger partial charge in [0.05, 0.1) is 0 Å². The Morgan fingerprint density at radius 1 is 1.10 bits per heavy atom. The van der Waals surface area contributed by atoms with Crippen LogP contribution in [0.15, 0.2) is 30.3 Å². The number of nitrogens with two attached hydrogens (primary N) is 1. The van der Waals surface area contributed by atoms with Crippen LogP contribution in [0.3, 0.4) is 0 Å². The average molecular weight is 285 g/mol. The van der Waals surface area contributed by atoms with E-state index < -0.39 is 0 Å². The van der Waals surface area contributed by atoms with Crippen LogP contribution in [0.5, 0.6) is 5.75 Å². The molecule has 0 spiro atoms. The van der Waals surface area contributed by atoms with Crippen LogP contribution in [-0.4, -0.2) is 0 Å². The molecule has 0 fully saturated rings. The first-order valence-electron chi connectivity index (χ1n) is 7.25. The van der Waals surface area contributed by atoms with Gasteiger partial charge in [-0.15, -0.1) is 0 Å². The van der Waals surface area contributed by atoms with Gasteiger partial charge in [-0.2, -0.15) is 0 Å². The van der Waals surface area contributed by atoms with E-state index in [0.29, 0.717) is 12.2 Å². The minimum absolute atomic E-state index is 0.116. The number of benzene rings is 2. The summed E-state index contributed by atoms with van der Waals surface area (Å²) < 4.78 is 19.5. The van der Waals surface area contributed by atoms with Crippen LogP contribution in [0.4, 0.5) is 4.39 Å². The molecule has 2 aromatic carbocycles. The molecule has 1 aliphatic rings. The Labute approximate surface area is 124 Å². The second-order valence-electron chi connectivity index (χ2n) is 5.94. The van der Waals surface area contributed by atoms with Crippen molar-refractivity contribution >= 4 is 0 Å². The number of ether oxygens (including phenoxy) is 1. The van der Waals surface area contributed by atoms with Crippen molar-refractivity contribution < 1.29 is 9.13 Å². The lowest BCUT2D eigenvalue weighted by molar-refractivity contribution is 0.159. The van der Waals surface area contributed by atoms with E-state index in [4.69, 9.17) is 10.5 Å². The fourth-order valence-electron chi connectivity index (χ4n) is 3.35. The van der Waals surface area contributed by atoms with Crippen LogP contribution in [0.1, 0.15) is 46.4 Å². The van der Waals surface area contributed by atoms with Gasteiger partial charge in [0.25, 0.3) is 0 Å². The minimum atomic E-state index is -0.293. The Morgan fingerprint density at radius 2 is 1.76 bits per heavy atom. The fraction of sp³-hybridized carbons (Fsp3) is 0.333. The monoisotopic (exact) mass is 285 g/mol. The van der Waals surface area contributed by atoms with E-state index in [-0.39, 0.29) is 18.0 Å². The fourth-order valence-corrected chi connectivity index (χ4v) is 3.35. The van der Waals surface area contributed by atoms with Gasteiger partial charge >= 0.3 is 0 Å². The van der Waals surface area contributed by atoms with Crippen molar-refractivity contribution in [2.45, 2.75) is 39.3 Å². The number of rotatable bonds is 1. The van der Waals surface area contributed by atoms with E-state index in [1.54, 1.807) is 6.07 Å². The van der Waals surface area contributed by atoms with Gasteiger partial charge in [-0.25, -0.2) is 4.39 Å². The van der Waals surface area contributed by atoms with E-state index >= 15 is 0 Å². The smallest absolute Gasteiger partial charge is 0.127 e. The molecular weight excluding hydrogens is 265 g/mol. The topological polar surface area (TPSA) is 35.2 Å². The van der Waals surface area contributed by atoms with Crippen LogP contribution in [0, 0.1) is 26.6 Å². The van der Waals surface area contributed by atoms with Gasteiger partial charge in [-0.3, -0.25) is 0 Å². The maximum atomic E-state index is 13.4. The summed E-state index contributed by atoms with van der Waals surface area (Å²) in [7, 11) is 0. The van der Waals surface area contributed by atoms with Gasteiger partial charge in [0, 0.05) is 24.1 Å². The third kappa shape index (κ3) is 2.54. The van der Waals surface area contributed by atoms with Crippen molar-refractivity contribution in [2.75, 3.05) is 0 Å². The Balaban J connectivity index is 2.03. The standard InChI is InChI=1S/C18H20FNO/c1-10-6-11(2)18(12(3)7-10)17-9-15(20)14-5-4-13(19)8-16(14)21-17/h4-8,15,17H,9,20H2,1-3H3/t15-,17?/m1/s1. The molecule has 21 heavy (non-hydrogen) atoms. The maximum Gasteiger partial charge on any atom is 0.127 e. The number of halogens is 1. The predicted molar refractivity (Wildman–Crippen MR) is 82.0 cm³/mol. The molecule has 1 unspecified atom stereocenters. The van der Waals surface area contributed by atoms with E-state index in [2.05, 4.69) is 32.9 Å². The number of aryl methyl sites for hydroxylation is 3. The Bertz CT molecular complexity index is 673. The molecule has 1 heterocycles. The summed E-state index contributed by atoms with van der Waals surface area (Å²) in [6.07, 6.45) is 0.596. The average Bonchev–Trinajstić information content (AvgIpc) is 2.36. The lowest BCUT2D eigenvalue weighted by Crippen LogP contribution is -2.25.